The summed E-state index contributed by atoms with van der Waals surface area (Å²) < 4.78 is 1.77. The maximum absolute atomic E-state index is 13.5. The van der Waals surface area contributed by atoms with Crippen LogP contribution in [0.4, 0.5) is 5.69 Å². The van der Waals surface area contributed by atoms with Crippen molar-refractivity contribution >= 4 is 50.8 Å². The molecule has 2 N–H and O–H groups in total. The van der Waals surface area contributed by atoms with Gasteiger partial charge in [0.15, 0.2) is 5.16 Å². The van der Waals surface area contributed by atoms with E-state index >= 15 is 0 Å². The number of thiophene rings is 1. The number of rotatable bonds is 9. The lowest BCUT2D eigenvalue weighted by atomic mass is 9.97. The number of unbranched alkanes of at least 4 members (excludes halogenated alkanes) is 2. The summed E-state index contributed by atoms with van der Waals surface area (Å²) >= 11 is 2.94. The minimum Gasteiger partial charge on any atom is -0.355 e. The summed E-state index contributed by atoms with van der Waals surface area (Å²) in [5.41, 5.74) is 2.38. The molecule has 0 aliphatic heterocycles. The summed E-state index contributed by atoms with van der Waals surface area (Å²) in [5.74, 6) is -0.211. The molecule has 180 valence electrons. The topological polar surface area (TPSA) is 93.1 Å². The highest BCUT2D eigenvalue weighted by atomic mass is 32.2. The second kappa shape index (κ2) is 11.2. The van der Waals surface area contributed by atoms with E-state index in [-0.39, 0.29) is 23.1 Å². The SMILES string of the molecule is CCCCCn1c(SCC(=O)Nc2ccc(C(=O)NC)cc2)nc2sc3c(c2c1=O)CCCC3. The molecule has 1 aromatic carbocycles. The quantitative estimate of drug-likeness (QED) is 0.255. The van der Waals surface area contributed by atoms with Crippen molar-refractivity contribution in [3.8, 4) is 0 Å². The molecular weight excluding hydrogens is 468 g/mol. The first-order valence-corrected chi connectivity index (χ1v) is 13.6. The number of carbonyl (C=O) groups excluding carboxylic acids is 2. The summed E-state index contributed by atoms with van der Waals surface area (Å²) in [5, 5.41) is 6.83. The number of fused-ring (bicyclic) bond motifs is 3. The van der Waals surface area contributed by atoms with Crippen LogP contribution in [0.25, 0.3) is 10.2 Å². The van der Waals surface area contributed by atoms with Gasteiger partial charge in [0.05, 0.1) is 11.1 Å². The van der Waals surface area contributed by atoms with Crippen LogP contribution in [0.2, 0.25) is 0 Å². The summed E-state index contributed by atoms with van der Waals surface area (Å²) in [4.78, 5) is 44.8. The standard InChI is InChI=1S/C25H30N4O3S2/c1-3-4-7-14-29-24(32)21-18-8-5-6-9-19(18)34-23(21)28-25(29)33-15-20(30)27-17-12-10-16(11-13-17)22(31)26-2/h10-13H,3-9,14-15H2,1-2H3,(H,26,31)(H,27,30). The molecule has 34 heavy (non-hydrogen) atoms. The summed E-state index contributed by atoms with van der Waals surface area (Å²) in [6, 6.07) is 6.74. The van der Waals surface area contributed by atoms with E-state index in [1.54, 1.807) is 47.2 Å². The zero-order valence-electron chi connectivity index (χ0n) is 19.6. The van der Waals surface area contributed by atoms with Gasteiger partial charge in [0.2, 0.25) is 5.91 Å². The van der Waals surface area contributed by atoms with Gasteiger partial charge in [-0.05, 0) is 61.9 Å². The Kier molecular flexibility index (Phi) is 8.05. The molecule has 0 radical (unpaired) electrons. The van der Waals surface area contributed by atoms with E-state index < -0.39 is 0 Å². The molecule has 2 heterocycles. The first-order valence-electron chi connectivity index (χ1n) is 11.8. The first kappa shape index (κ1) is 24.5. The van der Waals surface area contributed by atoms with Gasteiger partial charge in [0.1, 0.15) is 4.83 Å². The van der Waals surface area contributed by atoms with Gasteiger partial charge >= 0.3 is 0 Å². The predicted octanol–water partition coefficient (Wildman–Crippen LogP) is 4.62. The van der Waals surface area contributed by atoms with E-state index in [2.05, 4.69) is 17.6 Å². The average molecular weight is 499 g/mol. The van der Waals surface area contributed by atoms with E-state index in [9.17, 15) is 14.4 Å². The number of carbonyl (C=O) groups is 2. The van der Waals surface area contributed by atoms with E-state index in [4.69, 9.17) is 4.98 Å². The zero-order chi connectivity index (χ0) is 24.1. The fourth-order valence-corrected chi connectivity index (χ4v) is 6.35. The van der Waals surface area contributed by atoms with Crippen LogP contribution in [0, 0.1) is 0 Å². The molecular formula is C25H30N4O3S2. The monoisotopic (exact) mass is 498 g/mol. The molecule has 0 saturated carbocycles. The second-order valence-electron chi connectivity index (χ2n) is 8.44. The Balaban J connectivity index is 1.53. The van der Waals surface area contributed by atoms with E-state index in [1.807, 2.05) is 0 Å². The number of amides is 2. The lowest BCUT2D eigenvalue weighted by Gasteiger charge is -2.13. The number of hydrogen-bond donors (Lipinski definition) is 2. The van der Waals surface area contributed by atoms with Crippen LogP contribution in [0.3, 0.4) is 0 Å². The van der Waals surface area contributed by atoms with Crippen LogP contribution in [-0.2, 0) is 24.2 Å². The zero-order valence-corrected chi connectivity index (χ0v) is 21.2. The van der Waals surface area contributed by atoms with Gasteiger partial charge in [0, 0.05) is 29.7 Å². The molecule has 0 bridgehead atoms. The lowest BCUT2D eigenvalue weighted by molar-refractivity contribution is -0.113. The summed E-state index contributed by atoms with van der Waals surface area (Å²) in [6.07, 6.45) is 7.29. The minimum absolute atomic E-state index is 0.0354. The Labute approximate surface area is 207 Å². The number of anilines is 1. The Morgan fingerprint density at radius 1 is 1.15 bits per heavy atom. The van der Waals surface area contributed by atoms with E-state index in [0.29, 0.717) is 23.0 Å². The highest BCUT2D eigenvalue weighted by molar-refractivity contribution is 7.99. The van der Waals surface area contributed by atoms with Crippen LogP contribution >= 0.6 is 23.1 Å². The molecule has 9 heteroatoms. The third-order valence-corrected chi connectivity index (χ3v) is 8.18. The Morgan fingerprint density at radius 3 is 2.65 bits per heavy atom. The van der Waals surface area contributed by atoms with Crippen LogP contribution in [0.5, 0.6) is 0 Å². The molecule has 7 nitrogen and oxygen atoms in total. The van der Waals surface area contributed by atoms with Gasteiger partial charge in [-0.25, -0.2) is 4.98 Å². The number of benzene rings is 1. The maximum atomic E-state index is 13.5. The van der Waals surface area contributed by atoms with Gasteiger partial charge in [-0.15, -0.1) is 11.3 Å². The van der Waals surface area contributed by atoms with Crippen LogP contribution < -0.4 is 16.2 Å². The third kappa shape index (κ3) is 5.36. The van der Waals surface area contributed by atoms with Crippen molar-refractivity contribution < 1.29 is 9.59 Å². The van der Waals surface area contributed by atoms with Crippen molar-refractivity contribution in [2.24, 2.45) is 0 Å². The number of hydrogen-bond acceptors (Lipinski definition) is 6. The third-order valence-electron chi connectivity index (χ3n) is 6.02. The molecule has 0 fully saturated rings. The molecule has 3 aromatic rings. The molecule has 1 aliphatic rings. The van der Waals surface area contributed by atoms with E-state index in [1.165, 1.54) is 22.2 Å². The normalized spacial score (nSPS) is 13.0. The van der Waals surface area contributed by atoms with Gasteiger partial charge in [-0.1, -0.05) is 31.5 Å². The summed E-state index contributed by atoms with van der Waals surface area (Å²) in [7, 11) is 1.58. The maximum Gasteiger partial charge on any atom is 0.263 e. The highest BCUT2D eigenvalue weighted by Gasteiger charge is 2.22. The fourth-order valence-electron chi connectivity index (χ4n) is 4.22. The molecule has 2 amide bonds. The largest absolute Gasteiger partial charge is 0.355 e. The van der Waals surface area contributed by atoms with Crippen molar-refractivity contribution in [1.29, 1.82) is 0 Å². The lowest BCUT2D eigenvalue weighted by Crippen LogP contribution is -2.25. The molecule has 2 aromatic heterocycles. The Bertz CT molecular complexity index is 1250. The minimum atomic E-state index is -0.183. The molecule has 0 atom stereocenters. The summed E-state index contributed by atoms with van der Waals surface area (Å²) in [6.45, 7) is 2.76. The molecule has 1 aliphatic carbocycles. The van der Waals surface area contributed by atoms with Crippen molar-refractivity contribution in [2.75, 3.05) is 18.1 Å². The smallest absolute Gasteiger partial charge is 0.263 e. The van der Waals surface area contributed by atoms with Gasteiger partial charge in [-0.3, -0.25) is 19.0 Å². The fraction of sp³-hybridized carbons (Fsp3) is 0.440. The van der Waals surface area contributed by atoms with Crippen LogP contribution in [0.15, 0.2) is 34.2 Å². The van der Waals surface area contributed by atoms with Crippen LogP contribution in [-0.4, -0.2) is 34.2 Å². The molecule has 0 saturated heterocycles. The Morgan fingerprint density at radius 2 is 1.91 bits per heavy atom. The first-order chi connectivity index (χ1) is 16.5. The Hall–Kier alpha value is -2.65. The number of aromatic nitrogens is 2. The molecule has 4 rings (SSSR count). The predicted molar refractivity (Wildman–Crippen MR) is 139 cm³/mol. The average Bonchev–Trinajstić information content (AvgIpc) is 3.23. The van der Waals surface area contributed by atoms with E-state index in [0.717, 1.165) is 55.2 Å². The molecule has 0 spiro atoms. The second-order valence-corrected chi connectivity index (χ2v) is 10.5. The van der Waals surface area contributed by atoms with Gasteiger partial charge < -0.3 is 10.6 Å². The number of aryl methyl sites for hydroxylation is 2. The van der Waals surface area contributed by atoms with Crippen molar-refractivity contribution in [2.45, 2.75) is 63.6 Å². The highest BCUT2D eigenvalue weighted by Crippen LogP contribution is 2.34. The number of nitrogens with zero attached hydrogens (tertiary/aromatic N) is 2. The molecule has 0 unspecified atom stereocenters. The van der Waals surface area contributed by atoms with Gasteiger partial charge in [-0.2, -0.15) is 0 Å². The van der Waals surface area contributed by atoms with Crippen LogP contribution in [0.1, 0.15) is 59.8 Å². The van der Waals surface area contributed by atoms with Gasteiger partial charge in [0.25, 0.3) is 11.5 Å². The van der Waals surface area contributed by atoms with Crippen molar-refractivity contribution in [3.63, 3.8) is 0 Å². The van der Waals surface area contributed by atoms with Crippen molar-refractivity contribution in [1.82, 2.24) is 14.9 Å². The number of nitrogens with one attached hydrogen (secondary N) is 2. The van der Waals surface area contributed by atoms with Crippen molar-refractivity contribution in [3.05, 3.63) is 50.6 Å². The number of thioether (sulfide) groups is 1.